The Hall–Kier alpha value is -4.45. The molecule has 1 N–H and O–H groups in total. The Morgan fingerprint density at radius 1 is 1.11 bits per heavy atom. The molecule has 7 rings (SSSR count). The molecule has 1 aromatic carbocycles. The molecule has 0 spiro atoms. The number of carbonyl (C=O) groups excluding carboxylic acids is 1. The Labute approximate surface area is 268 Å². The number of rotatable bonds is 9. The molecule has 5 heterocycles. The number of fused-ring (bicyclic) bond motifs is 2. The molecule has 2 aliphatic rings. The first-order valence-electron chi connectivity index (χ1n) is 16.4. The molecule has 1 aliphatic carbocycles. The van der Waals surface area contributed by atoms with Gasteiger partial charge in [0.25, 0.3) is 0 Å². The maximum atomic E-state index is 13.1. The largest absolute Gasteiger partial charge is 0.444 e. The average molecular weight is 626 g/mol. The van der Waals surface area contributed by atoms with E-state index >= 15 is 0 Å². The Morgan fingerprint density at radius 2 is 1.98 bits per heavy atom. The van der Waals surface area contributed by atoms with Crippen molar-refractivity contribution in [3.8, 4) is 11.3 Å². The molecule has 1 saturated carbocycles. The third-order valence-corrected chi connectivity index (χ3v) is 8.86. The van der Waals surface area contributed by atoms with E-state index in [9.17, 15) is 4.79 Å². The van der Waals surface area contributed by atoms with E-state index in [2.05, 4.69) is 27.8 Å². The summed E-state index contributed by atoms with van der Waals surface area (Å²) in [6.07, 6.45) is 14.3. The van der Waals surface area contributed by atoms with Crippen LogP contribution in [0.1, 0.15) is 76.8 Å². The van der Waals surface area contributed by atoms with Gasteiger partial charge in [-0.05, 0) is 82.6 Å². The van der Waals surface area contributed by atoms with Gasteiger partial charge in [0.15, 0.2) is 6.23 Å². The van der Waals surface area contributed by atoms with Crippen molar-refractivity contribution < 1.29 is 14.3 Å². The summed E-state index contributed by atoms with van der Waals surface area (Å²) in [6.45, 7) is 8.16. The van der Waals surface area contributed by atoms with Crippen molar-refractivity contribution in [2.24, 2.45) is 5.92 Å². The molecule has 1 amide bonds. The Kier molecular flexibility index (Phi) is 8.14. The lowest BCUT2D eigenvalue weighted by molar-refractivity contribution is -0.0366. The topological polar surface area (TPSA) is 117 Å². The molecule has 5 aromatic rings. The van der Waals surface area contributed by atoms with Crippen molar-refractivity contribution >= 4 is 28.3 Å². The van der Waals surface area contributed by atoms with Gasteiger partial charge >= 0.3 is 6.09 Å². The minimum atomic E-state index is -0.535. The van der Waals surface area contributed by atoms with E-state index in [1.807, 2.05) is 83.4 Å². The molecule has 0 radical (unpaired) electrons. The molecule has 1 atom stereocenters. The fraction of sp³-hybridized carbons (Fsp3) is 0.500. The number of amides is 1. The fourth-order valence-corrected chi connectivity index (χ4v) is 6.31. The molecule has 1 saturated heterocycles. The highest BCUT2D eigenvalue weighted by Gasteiger charge is 2.28. The van der Waals surface area contributed by atoms with E-state index in [1.54, 1.807) is 0 Å². The van der Waals surface area contributed by atoms with E-state index < -0.39 is 5.60 Å². The van der Waals surface area contributed by atoms with Crippen LogP contribution in [0.25, 0.3) is 27.8 Å². The van der Waals surface area contributed by atoms with E-state index in [0.717, 1.165) is 90.0 Å². The SMILES string of the molecule is CNc1cc(-c2cn(Cc3cn4cc(CN(CC5CCC5)C(=O)OC(C)(C)C)ccc4n3)nn2)c2cnn(C3CCCCO3)c2c1. The first-order chi connectivity index (χ1) is 22.2. The monoisotopic (exact) mass is 625 g/mol. The Morgan fingerprint density at radius 3 is 2.72 bits per heavy atom. The van der Waals surface area contributed by atoms with Crippen molar-refractivity contribution in [3.63, 3.8) is 0 Å². The lowest BCUT2D eigenvalue weighted by Crippen LogP contribution is -2.40. The molecule has 1 aliphatic heterocycles. The molecular weight excluding hydrogens is 582 g/mol. The second kappa shape index (κ2) is 12.4. The number of imidazole rings is 1. The molecule has 4 aromatic heterocycles. The van der Waals surface area contributed by atoms with Crippen LogP contribution in [0.2, 0.25) is 0 Å². The van der Waals surface area contributed by atoms with Crippen LogP contribution in [0.5, 0.6) is 0 Å². The summed E-state index contributed by atoms with van der Waals surface area (Å²) in [5, 5.41) is 18.0. The lowest BCUT2D eigenvalue weighted by atomic mass is 9.85. The number of ether oxygens (including phenoxy) is 2. The summed E-state index contributed by atoms with van der Waals surface area (Å²) in [5.74, 6) is 0.544. The number of aromatic nitrogens is 7. The van der Waals surface area contributed by atoms with Gasteiger partial charge in [-0.25, -0.2) is 19.1 Å². The zero-order chi connectivity index (χ0) is 31.8. The van der Waals surface area contributed by atoms with Gasteiger partial charge in [0.05, 0.1) is 36.7 Å². The number of nitrogens with zero attached hydrogens (tertiary/aromatic N) is 8. The maximum Gasteiger partial charge on any atom is 0.410 e. The van der Waals surface area contributed by atoms with Crippen LogP contribution in [-0.2, 0) is 22.6 Å². The quantitative estimate of drug-likeness (QED) is 0.204. The van der Waals surface area contributed by atoms with Gasteiger partial charge in [0.2, 0.25) is 0 Å². The molecule has 242 valence electrons. The number of pyridine rings is 1. The van der Waals surface area contributed by atoms with Crippen molar-refractivity contribution in [2.75, 3.05) is 25.5 Å². The Bertz CT molecular complexity index is 1840. The van der Waals surface area contributed by atoms with E-state index in [-0.39, 0.29) is 12.3 Å². The second-order valence-corrected chi connectivity index (χ2v) is 13.6. The molecule has 12 heteroatoms. The van der Waals surface area contributed by atoms with Gasteiger partial charge in [0.1, 0.15) is 16.9 Å². The molecule has 2 fully saturated rings. The van der Waals surface area contributed by atoms with Crippen LogP contribution in [-0.4, -0.2) is 71.0 Å². The van der Waals surface area contributed by atoms with Crippen LogP contribution >= 0.6 is 0 Å². The van der Waals surface area contributed by atoms with Gasteiger partial charge < -0.3 is 24.1 Å². The second-order valence-electron chi connectivity index (χ2n) is 13.6. The standard InChI is InChI=1S/C34H43N9O3/c1-34(2,3)46-33(44)41(17-23-8-7-9-23)19-24-11-12-31-37-26(20-40(31)18-24)21-42-22-29(38-39-42)27-14-25(35-4)15-30-28(27)16-36-43(30)32-10-5-6-13-45-32/h11-12,14-16,18,20,22-23,32,35H,5-10,13,17,19,21H2,1-4H3. The highest BCUT2D eigenvalue weighted by Crippen LogP contribution is 2.34. The number of carbonyl (C=O) groups is 1. The summed E-state index contributed by atoms with van der Waals surface area (Å²) in [7, 11) is 1.91. The van der Waals surface area contributed by atoms with Gasteiger partial charge in [-0.15, -0.1) is 5.10 Å². The summed E-state index contributed by atoms with van der Waals surface area (Å²) >= 11 is 0. The molecule has 46 heavy (non-hydrogen) atoms. The van der Waals surface area contributed by atoms with E-state index in [1.165, 1.54) is 6.42 Å². The van der Waals surface area contributed by atoms with E-state index in [4.69, 9.17) is 19.6 Å². The number of hydrogen-bond donors (Lipinski definition) is 1. The van der Waals surface area contributed by atoms with E-state index in [0.29, 0.717) is 19.0 Å². The molecular formula is C34H43N9O3. The van der Waals surface area contributed by atoms with Crippen LogP contribution in [0.3, 0.4) is 0 Å². The van der Waals surface area contributed by atoms with Gasteiger partial charge in [0, 0.05) is 49.2 Å². The first kappa shape index (κ1) is 30.2. The minimum Gasteiger partial charge on any atom is -0.444 e. The highest BCUT2D eigenvalue weighted by molar-refractivity contribution is 5.96. The third kappa shape index (κ3) is 6.44. The predicted octanol–water partition coefficient (Wildman–Crippen LogP) is 6.27. The van der Waals surface area contributed by atoms with Crippen LogP contribution in [0, 0.1) is 5.92 Å². The minimum absolute atomic E-state index is 0.0550. The van der Waals surface area contributed by atoms with Crippen LogP contribution in [0.4, 0.5) is 10.5 Å². The highest BCUT2D eigenvalue weighted by atomic mass is 16.6. The molecule has 12 nitrogen and oxygen atoms in total. The van der Waals surface area contributed by atoms with Gasteiger partial charge in [-0.3, -0.25) is 0 Å². The van der Waals surface area contributed by atoms with Crippen molar-refractivity contribution in [1.29, 1.82) is 0 Å². The predicted molar refractivity (Wildman–Crippen MR) is 175 cm³/mol. The zero-order valence-corrected chi connectivity index (χ0v) is 27.1. The molecule has 0 bridgehead atoms. The summed E-state index contributed by atoms with van der Waals surface area (Å²) < 4.78 is 17.6. The number of anilines is 1. The zero-order valence-electron chi connectivity index (χ0n) is 27.1. The van der Waals surface area contributed by atoms with Crippen LogP contribution < -0.4 is 5.32 Å². The first-order valence-corrected chi connectivity index (χ1v) is 16.4. The molecule has 1 unspecified atom stereocenters. The summed E-state index contributed by atoms with van der Waals surface area (Å²) in [6, 6.07) is 8.23. The van der Waals surface area contributed by atoms with Gasteiger partial charge in [-0.1, -0.05) is 17.7 Å². The van der Waals surface area contributed by atoms with Crippen molar-refractivity contribution in [1.82, 2.24) is 39.1 Å². The number of benzene rings is 1. The van der Waals surface area contributed by atoms with Crippen molar-refractivity contribution in [3.05, 3.63) is 60.3 Å². The smallest absolute Gasteiger partial charge is 0.410 e. The van der Waals surface area contributed by atoms with Gasteiger partial charge in [-0.2, -0.15) is 5.10 Å². The number of nitrogens with one attached hydrogen (secondary N) is 1. The third-order valence-electron chi connectivity index (χ3n) is 8.86. The lowest BCUT2D eigenvalue weighted by Gasteiger charge is -2.33. The number of hydrogen-bond acceptors (Lipinski definition) is 8. The summed E-state index contributed by atoms with van der Waals surface area (Å²) in [4.78, 5) is 19.7. The van der Waals surface area contributed by atoms with Crippen LogP contribution in [0.15, 0.2) is 49.1 Å². The maximum absolute atomic E-state index is 13.1. The fourth-order valence-electron chi connectivity index (χ4n) is 6.31. The average Bonchev–Trinajstić information content (AvgIpc) is 3.75. The summed E-state index contributed by atoms with van der Waals surface area (Å²) in [5.41, 5.74) is 5.91. The Balaban J connectivity index is 1.10. The normalized spacial score (nSPS) is 17.3. The van der Waals surface area contributed by atoms with Crippen molar-refractivity contribution in [2.45, 2.75) is 84.2 Å².